The molecule has 0 saturated heterocycles. The van der Waals surface area contributed by atoms with Gasteiger partial charge in [-0.25, -0.2) is 9.59 Å². The smallest absolute Gasteiger partial charge is 0.333 e. The number of hydrogen-bond donors (Lipinski definition) is 0. The number of carbonyl (C=O) groups is 6. The number of methoxy groups -OCH3 is 2. The van der Waals surface area contributed by atoms with Crippen molar-refractivity contribution in [3.63, 3.8) is 0 Å². The summed E-state index contributed by atoms with van der Waals surface area (Å²) >= 11 is 0. The van der Waals surface area contributed by atoms with Crippen molar-refractivity contribution in [2.45, 2.75) is 234 Å². The molecule has 0 aliphatic heterocycles. The number of ether oxygens (including phenoxy) is 10. The molecule has 0 N–H and O–H groups in total. The van der Waals surface area contributed by atoms with Gasteiger partial charge < -0.3 is 47.4 Å². The number of hydrogen-bond acceptors (Lipinski definition) is 16. The Morgan fingerprint density at radius 1 is 0.312 bits per heavy atom. The minimum absolute atomic E-state index is 0.0211. The molecular formula is C80H112O16. The first-order valence-electron chi connectivity index (χ1n) is 35.7. The molecule has 0 unspecified atom stereocenters. The van der Waals surface area contributed by atoms with Crippen LogP contribution in [0.15, 0.2) is 72.8 Å². The van der Waals surface area contributed by atoms with Gasteiger partial charge >= 0.3 is 35.8 Å². The predicted octanol–water partition coefficient (Wildman–Crippen LogP) is 16.4. The van der Waals surface area contributed by atoms with Gasteiger partial charge in [-0.15, -0.1) is 0 Å². The highest BCUT2D eigenvalue weighted by molar-refractivity contribution is 5.91. The van der Waals surface area contributed by atoms with E-state index in [0.717, 1.165) is 184 Å². The maximum absolute atomic E-state index is 12.7. The van der Waals surface area contributed by atoms with Crippen LogP contribution in [0.5, 0.6) is 23.0 Å². The highest BCUT2D eigenvalue weighted by Gasteiger charge is 2.26. The summed E-state index contributed by atoms with van der Waals surface area (Å²) in [4.78, 5) is 74.8. The van der Waals surface area contributed by atoms with Gasteiger partial charge in [-0.1, -0.05) is 166 Å². The molecule has 96 heavy (non-hydrogen) atoms. The summed E-state index contributed by atoms with van der Waals surface area (Å²) in [6.07, 6.45) is 22.8. The van der Waals surface area contributed by atoms with Crippen LogP contribution in [0.25, 0.3) is 0 Å². The molecule has 0 saturated carbocycles. The van der Waals surface area contributed by atoms with E-state index in [1.54, 1.807) is 13.8 Å². The number of unbranched alkanes of at least 4 members (excludes halogenated alkanes) is 12. The Morgan fingerprint density at radius 2 is 0.542 bits per heavy atom. The third-order valence-corrected chi connectivity index (χ3v) is 16.9. The fourth-order valence-electron chi connectivity index (χ4n) is 11.9. The Balaban J connectivity index is 1.90. The van der Waals surface area contributed by atoms with E-state index in [-0.39, 0.29) is 52.9 Å². The molecule has 528 valence electrons. The van der Waals surface area contributed by atoms with Gasteiger partial charge in [-0.05, 0) is 132 Å². The van der Waals surface area contributed by atoms with Gasteiger partial charge in [0.1, 0.15) is 35.8 Å². The van der Waals surface area contributed by atoms with Gasteiger partial charge in [0.25, 0.3) is 0 Å². The van der Waals surface area contributed by atoms with Gasteiger partial charge in [-0.2, -0.15) is 0 Å². The Bertz CT molecular complexity index is 2930. The third-order valence-electron chi connectivity index (χ3n) is 16.9. The second kappa shape index (κ2) is 45.0. The van der Waals surface area contributed by atoms with Crippen LogP contribution in [-0.2, 0) is 109 Å². The summed E-state index contributed by atoms with van der Waals surface area (Å²) in [7, 11) is 2.47. The lowest BCUT2D eigenvalue weighted by atomic mass is 9.87. The van der Waals surface area contributed by atoms with E-state index in [0.29, 0.717) is 74.0 Å². The van der Waals surface area contributed by atoms with Crippen LogP contribution in [0.1, 0.15) is 250 Å². The first-order chi connectivity index (χ1) is 46.5. The molecule has 0 radical (unpaired) electrons. The van der Waals surface area contributed by atoms with E-state index < -0.39 is 48.7 Å². The van der Waals surface area contributed by atoms with Crippen LogP contribution >= 0.6 is 0 Å². The van der Waals surface area contributed by atoms with E-state index in [2.05, 4.69) is 89.4 Å². The minimum Gasteiger partial charge on any atom is -0.493 e. The normalized spacial score (nSPS) is 11.7. The van der Waals surface area contributed by atoms with Gasteiger partial charge in [0.15, 0.2) is 0 Å². The van der Waals surface area contributed by atoms with Crippen molar-refractivity contribution in [2.75, 3.05) is 67.1 Å². The van der Waals surface area contributed by atoms with Crippen LogP contribution < -0.4 is 18.9 Å². The number of benzene rings is 4. The van der Waals surface area contributed by atoms with Crippen LogP contribution in [-0.4, -0.2) is 103 Å². The summed E-state index contributed by atoms with van der Waals surface area (Å²) in [5, 5.41) is 0. The first kappa shape index (κ1) is 79.1. The lowest BCUT2D eigenvalue weighted by Gasteiger charge is -2.25. The summed E-state index contributed by atoms with van der Waals surface area (Å²) in [6.45, 7) is 20.9. The van der Waals surface area contributed by atoms with Gasteiger partial charge in [0.2, 0.25) is 0 Å². The molecule has 0 aromatic heterocycles. The Labute approximate surface area is 573 Å². The molecule has 0 atom stereocenters. The molecule has 16 heteroatoms. The molecule has 5 rings (SSSR count). The standard InChI is InChI=1S/C80H112O16/c1-11-15-19-23-31-59-43-63-51-64-44-60(32-24-20-16-12-2)46-66(76(64)92-38-28-36-90-74(84)56-72(82)88-10)53-68-48-62(34-26-22-18-14-4)50-70(78(68)94-40-30-42-96-80(86)58(7)8)54-69-49-61(33-25-21-17-13-3)47-67(77(69)93-39-29-41-95-79(85)57(5)6)52-65(45-59)75(63)91-37-27-35-89-73(83)55-71(81)87-9/h43-50H,5,7,11-42,51-56H2,1-4,6,8-10H3. The Morgan fingerprint density at radius 3 is 0.750 bits per heavy atom. The topological polar surface area (TPSA) is 195 Å². The molecule has 8 bridgehead atoms. The molecule has 1 aliphatic rings. The lowest BCUT2D eigenvalue weighted by Crippen LogP contribution is -2.15. The second-order valence-electron chi connectivity index (χ2n) is 25.5. The van der Waals surface area contributed by atoms with E-state index in [1.807, 2.05) is 0 Å². The Kier molecular flexibility index (Phi) is 37.1. The van der Waals surface area contributed by atoms with Gasteiger partial charge in [0.05, 0.1) is 67.1 Å². The van der Waals surface area contributed by atoms with Crippen molar-refractivity contribution in [1.82, 2.24) is 0 Å². The zero-order chi connectivity index (χ0) is 69.5. The van der Waals surface area contributed by atoms with Gasteiger partial charge in [-0.3, -0.25) is 19.2 Å². The zero-order valence-electron chi connectivity index (χ0n) is 59.4. The molecule has 4 aromatic rings. The van der Waals surface area contributed by atoms with Crippen molar-refractivity contribution in [3.8, 4) is 23.0 Å². The molecule has 0 heterocycles. The number of carbonyl (C=O) groups excluding carboxylic acids is 6. The molecule has 0 fully saturated rings. The number of esters is 6. The maximum atomic E-state index is 12.7. The largest absolute Gasteiger partial charge is 0.493 e. The number of fused-ring (bicyclic) bond motifs is 8. The molecule has 4 aromatic carbocycles. The summed E-state index contributed by atoms with van der Waals surface area (Å²) < 4.78 is 60.3. The second-order valence-corrected chi connectivity index (χ2v) is 25.5. The quantitative estimate of drug-likeness (QED) is 0.0117. The zero-order valence-corrected chi connectivity index (χ0v) is 59.4. The first-order valence-corrected chi connectivity index (χ1v) is 35.7. The number of aryl methyl sites for hydroxylation is 4. The molecule has 1 aliphatic carbocycles. The van der Waals surface area contributed by atoms with E-state index in [4.69, 9.17) is 47.4 Å². The molecular weight excluding hydrogens is 1220 g/mol. The van der Waals surface area contributed by atoms with Crippen LogP contribution in [0.4, 0.5) is 0 Å². The monoisotopic (exact) mass is 1330 g/mol. The summed E-state index contributed by atoms with van der Waals surface area (Å²) in [5.41, 5.74) is 13.1. The Hall–Kier alpha value is -7.62. The summed E-state index contributed by atoms with van der Waals surface area (Å²) in [5.74, 6) is -0.735. The van der Waals surface area contributed by atoms with Crippen molar-refractivity contribution >= 4 is 35.8 Å². The highest BCUT2D eigenvalue weighted by atomic mass is 16.6. The average Bonchev–Trinajstić information content (AvgIpc) is 0.780. The summed E-state index contributed by atoms with van der Waals surface area (Å²) in [6, 6.07) is 18.4. The third kappa shape index (κ3) is 28.6. The molecule has 0 amide bonds. The SMILES string of the molecule is C=C(C)C(=O)OCCCOc1c2cc(CCCCCC)cc1Cc1cc(CCCCCC)cc(c1OCCCOC(=O)C(=C)C)Cc1cc(CCCCCC)cc(c1OCCCOC(=O)CC(=O)OC)Cc1cc(CCCCCC)cc(c1OCCCOC(=O)CC(=O)OC)C2. The van der Waals surface area contributed by atoms with E-state index >= 15 is 0 Å². The minimum atomic E-state index is -0.678. The molecule has 16 nitrogen and oxygen atoms in total. The number of rotatable bonds is 46. The highest BCUT2D eigenvalue weighted by Crippen LogP contribution is 2.42. The van der Waals surface area contributed by atoms with Crippen LogP contribution in [0.3, 0.4) is 0 Å². The van der Waals surface area contributed by atoms with E-state index in [9.17, 15) is 28.8 Å². The van der Waals surface area contributed by atoms with Crippen molar-refractivity contribution in [2.24, 2.45) is 0 Å². The fourth-order valence-corrected chi connectivity index (χ4v) is 11.9. The maximum Gasteiger partial charge on any atom is 0.333 e. The van der Waals surface area contributed by atoms with Crippen molar-refractivity contribution in [1.29, 1.82) is 0 Å². The fraction of sp³-hybridized carbons (Fsp3) is 0.575. The van der Waals surface area contributed by atoms with E-state index in [1.165, 1.54) is 36.5 Å². The van der Waals surface area contributed by atoms with Crippen LogP contribution in [0.2, 0.25) is 0 Å². The molecule has 0 spiro atoms. The van der Waals surface area contributed by atoms with Crippen molar-refractivity contribution in [3.05, 3.63) is 140 Å². The van der Waals surface area contributed by atoms with Crippen LogP contribution in [0, 0.1) is 0 Å². The van der Waals surface area contributed by atoms with Gasteiger partial charge in [0, 0.05) is 62.5 Å². The predicted molar refractivity (Wildman–Crippen MR) is 376 cm³/mol. The lowest BCUT2D eigenvalue weighted by molar-refractivity contribution is -0.155. The average molecular weight is 1330 g/mol. The van der Waals surface area contributed by atoms with Crippen molar-refractivity contribution < 1.29 is 76.1 Å².